The van der Waals surface area contributed by atoms with Crippen molar-refractivity contribution in [2.75, 3.05) is 18.0 Å². The number of nitrogens with one attached hydrogen (secondary N) is 1. The number of anilines is 1. The number of hydrogen-bond donors (Lipinski definition) is 1. The summed E-state index contributed by atoms with van der Waals surface area (Å²) in [5, 5.41) is 2.79. The van der Waals surface area contributed by atoms with E-state index in [1.807, 2.05) is 33.8 Å². The lowest BCUT2D eigenvalue weighted by Gasteiger charge is -2.32. The molecule has 1 N–H and O–H groups in total. The van der Waals surface area contributed by atoms with Crippen molar-refractivity contribution < 1.29 is 14.3 Å². The van der Waals surface area contributed by atoms with Gasteiger partial charge in [0.2, 0.25) is 17.7 Å². The number of ether oxygens (including phenoxy) is 1. The summed E-state index contributed by atoms with van der Waals surface area (Å²) in [6.45, 7) is 8.25. The van der Waals surface area contributed by atoms with Gasteiger partial charge in [-0.3, -0.25) is 9.59 Å². The Morgan fingerprint density at radius 2 is 2.18 bits per heavy atom. The van der Waals surface area contributed by atoms with Gasteiger partial charge in [-0.15, -0.1) is 0 Å². The van der Waals surface area contributed by atoms with Gasteiger partial charge in [-0.1, -0.05) is 20.8 Å². The predicted molar refractivity (Wildman–Crippen MR) is 83.8 cm³/mol. The lowest BCUT2D eigenvalue weighted by atomic mass is 9.96. The van der Waals surface area contributed by atoms with E-state index >= 15 is 0 Å². The van der Waals surface area contributed by atoms with E-state index in [2.05, 4.69) is 10.3 Å². The minimum Gasteiger partial charge on any atom is -0.471 e. The Labute approximate surface area is 130 Å². The van der Waals surface area contributed by atoms with Crippen LogP contribution in [0.3, 0.4) is 0 Å². The third kappa shape index (κ3) is 3.75. The van der Waals surface area contributed by atoms with Gasteiger partial charge in [0.15, 0.2) is 0 Å². The molecule has 0 saturated carbocycles. The molecule has 1 aliphatic heterocycles. The number of nitrogens with zero attached hydrogens (tertiary/aromatic N) is 2. The van der Waals surface area contributed by atoms with Crippen LogP contribution in [0.4, 0.5) is 5.69 Å². The predicted octanol–water partition coefficient (Wildman–Crippen LogP) is 1.75. The average Bonchev–Trinajstić information content (AvgIpc) is 2.45. The molecule has 6 nitrogen and oxygen atoms in total. The zero-order valence-electron chi connectivity index (χ0n) is 13.5. The number of carbonyl (C=O) groups is 2. The van der Waals surface area contributed by atoms with Crippen LogP contribution in [0.5, 0.6) is 5.88 Å². The Balaban J connectivity index is 1.97. The maximum atomic E-state index is 12.4. The topological polar surface area (TPSA) is 71.5 Å². The molecule has 0 saturated heterocycles. The average molecular weight is 305 g/mol. The van der Waals surface area contributed by atoms with Crippen molar-refractivity contribution >= 4 is 17.5 Å². The summed E-state index contributed by atoms with van der Waals surface area (Å²) < 4.78 is 5.62. The summed E-state index contributed by atoms with van der Waals surface area (Å²) in [6.07, 6.45) is 1.79. The van der Waals surface area contributed by atoms with Gasteiger partial charge in [-0.05, 0) is 19.1 Å². The van der Waals surface area contributed by atoms with Crippen molar-refractivity contribution in [2.45, 2.75) is 40.2 Å². The zero-order valence-corrected chi connectivity index (χ0v) is 13.5. The largest absolute Gasteiger partial charge is 0.471 e. The van der Waals surface area contributed by atoms with Crippen molar-refractivity contribution in [2.24, 2.45) is 5.41 Å². The van der Waals surface area contributed by atoms with Gasteiger partial charge < -0.3 is 15.0 Å². The maximum absolute atomic E-state index is 12.4. The number of fused-ring (bicyclic) bond motifs is 1. The molecule has 120 valence electrons. The Bertz CT molecular complexity index is 566. The first-order valence-electron chi connectivity index (χ1n) is 7.49. The Hall–Kier alpha value is -2.11. The zero-order chi connectivity index (χ0) is 16.3. The molecular formula is C16H23N3O3. The van der Waals surface area contributed by atoms with Crippen molar-refractivity contribution in [3.63, 3.8) is 0 Å². The van der Waals surface area contributed by atoms with E-state index in [9.17, 15) is 9.59 Å². The minimum atomic E-state index is -0.451. The lowest BCUT2D eigenvalue weighted by Crippen LogP contribution is -2.44. The highest BCUT2D eigenvalue weighted by atomic mass is 16.5. The number of amides is 2. The third-order valence-corrected chi connectivity index (χ3v) is 3.40. The second-order valence-electron chi connectivity index (χ2n) is 6.52. The standard InChI is InChI=1S/C16H23N3O3/c1-11-10-19(12-6-5-8-17-14(12)22-11)13(20)7-9-18-15(21)16(2,3)4/h5-6,8,11H,7,9-10H2,1-4H3,(H,18,21). The summed E-state index contributed by atoms with van der Waals surface area (Å²) in [4.78, 5) is 30.1. The second kappa shape index (κ2) is 6.34. The van der Waals surface area contributed by atoms with Crippen molar-refractivity contribution in [1.29, 1.82) is 0 Å². The van der Waals surface area contributed by atoms with Crippen LogP contribution >= 0.6 is 0 Å². The highest BCUT2D eigenvalue weighted by molar-refractivity contribution is 5.95. The molecule has 1 atom stereocenters. The van der Waals surface area contributed by atoms with Crippen LogP contribution in [0.25, 0.3) is 0 Å². The van der Waals surface area contributed by atoms with E-state index < -0.39 is 5.41 Å². The summed E-state index contributed by atoms with van der Waals surface area (Å²) in [6, 6.07) is 3.60. The molecular weight excluding hydrogens is 282 g/mol. The first kappa shape index (κ1) is 16.3. The molecule has 2 amide bonds. The lowest BCUT2D eigenvalue weighted by molar-refractivity contribution is -0.128. The summed E-state index contributed by atoms with van der Waals surface area (Å²) in [5.41, 5.74) is 0.236. The van der Waals surface area contributed by atoms with Crippen molar-refractivity contribution in [1.82, 2.24) is 10.3 Å². The van der Waals surface area contributed by atoms with E-state index in [1.165, 1.54) is 0 Å². The normalized spacial score (nSPS) is 17.5. The highest BCUT2D eigenvalue weighted by Gasteiger charge is 2.28. The molecule has 1 aliphatic rings. The van der Waals surface area contributed by atoms with E-state index in [0.29, 0.717) is 24.7 Å². The van der Waals surface area contributed by atoms with Crippen LogP contribution < -0.4 is 15.0 Å². The van der Waals surface area contributed by atoms with Crippen molar-refractivity contribution in [3.05, 3.63) is 18.3 Å². The molecule has 0 radical (unpaired) electrons. The third-order valence-electron chi connectivity index (χ3n) is 3.40. The Kier molecular flexibility index (Phi) is 4.68. The van der Waals surface area contributed by atoms with E-state index in [-0.39, 0.29) is 24.3 Å². The first-order valence-corrected chi connectivity index (χ1v) is 7.49. The van der Waals surface area contributed by atoms with Gasteiger partial charge in [-0.25, -0.2) is 4.98 Å². The maximum Gasteiger partial charge on any atom is 0.238 e. The monoisotopic (exact) mass is 305 g/mol. The van der Waals surface area contributed by atoms with Crippen LogP contribution in [-0.4, -0.2) is 36.0 Å². The Morgan fingerprint density at radius 1 is 1.45 bits per heavy atom. The van der Waals surface area contributed by atoms with Gasteiger partial charge in [0.1, 0.15) is 11.8 Å². The number of aromatic nitrogens is 1. The molecule has 1 aromatic rings. The summed E-state index contributed by atoms with van der Waals surface area (Å²) in [5.74, 6) is 0.379. The number of rotatable bonds is 3. The van der Waals surface area contributed by atoms with E-state index in [1.54, 1.807) is 17.2 Å². The van der Waals surface area contributed by atoms with Gasteiger partial charge in [0.25, 0.3) is 0 Å². The van der Waals surface area contributed by atoms with Crippen LogP contribution in [0.2, 0.25) is 0 Å². The quantitative estimate of drug-likeness (QED) is 0.923. The smallest absolute Gasteiger partial charge is 0.238 e. The summed E-state index contributed by atoms with van der Waals surface area (Å²) in [7, 11) is 0. The molecule has 6 heteroatoms. The Morgan fingerprint density at radius 3 is 2.86 bits per heavy atom. The van der Waals surface area contributed by atoms with Gasteiger partial charge >= 0.3 is 0 Å². The minimum absolute atomic E-state index is 0.0430. The molecule has 0 bridgehead atoms. The number of carbonyl (C=O) groups excluding carboxylic acids is 2. The first-order chi connectivity index (χ1) is 10.3. The van der Waals surface area contributed by atoms with Crippen LogP contribution in [0.1, 0.15) is 34.1 Å². The molecule has 1 unspecified atom stereocenters. The van der Waals surface area contributed by atoms with Gasteiger partial charge in [0, 0.05) is 24.6 Å². The summed E-state index contributed by atoms with van der Waals surface area (Å²) >= 11 is 0. The van der Waals surface area contributed by atoms with Crippen LogP contribution in [0, 0.1) is 5.41 Å². The molecule has 0 aliphatic carbocycles. The van der Waals surface area contributed by atoms with E-state index in [4.69, 9.17) is 4.74 Å². The number of pyridine rings is 1. The van der Waals surface area contributed by atoms with Crippen LogP contribution in [-0.2, 0) is 9.59 Å². The second-order valence-corrected chi connectivity index (χ2v) is 6.52. The molecule has 22 heavy (non-hydrogen) atoms. The molecule has 2 heterocycles. The molecule has 0 aromatic carbocycles. The fourth-order valence-electron chi connectivity index (χ4n) is 2.18. The van der Waals surface area contributed by atoms with Crippen molar-refractivity contribution in [3.8, 4) is 5.88 Å². The molecule has 2 rings (SSSR count). The molecule has 1 aromatic heterocycles. The fraction of sp³-hybridized carbons (Fsp3) is 0.562. The van der Waals surface area contributed by atoms with Crippen LogP contribution in [0.15, 0.2) is 18.3 Å². The fourth-order valence-corrected chi connectivity index (χ4v) is 2.18. The molecule has 0 spiro atoms. The SMILES string of the molecule is CC1CN(C(=O)CCNC(=O)C(C)(C)C)c2cccnc2O1. The number of hydrogen-bond acceptors (Lipinski definition) is 4. The van der Waals surface area contributed by atoms with Gasteiger partial charge in [-0.2, -0.15) is 0 Å². The molecule has 0 fully saturated rings. The van der Waals surface area contributed by atoms with Gasteiger partial charge in [0.05, 0.1) is 6.54 Å². The van der Waals surface area contributed by atoms with E-state index in [0.717, 1.165) is 0 Å². The highest BCUT2D eigenvalue weighted by Crippen LogP contribution is 2.31.